The van der Waals surface area contributed by atoms with E-state index in [1.165, 1.54) is 12.8 Å². The summed E-state index contributed by atoms with van der Waals surface area (Å²) in [6.45, 7) is 2.78. The molecule has 8 heteroatoms. The summed E-state index contributed by atoms with van der Waals surface area (Å²) < 4.78 is 0. The molecule has 3 aromatic heterocycles. The van der Waals surface area contributed by atoms with E-state index in [1.54, 1.807) is 25.6 Å². The largest absolute Gasteiger partial charge is 0.369 e. The van der Waals surface area contributed by atoms with E-state index in [4.69, 9.17) is 0 Å². The number of carbonyl (C=O) groups is 1. The van der Waals surface area contributed by atoms with Gasteiger partial charge in [0, 0.05) is 61.0 Å². The number of hydrogen-bond donors (Lipinski definition) is 2. The zero-order valence-corrected chi connectivity index (χ0v) is 18.6. The zero-order valence-electron chi connectivity index (χ0n) is 18.6. The summed E-state index contributed by atoms with van der Waals surface area (Å²) in [7, 11) is 1.63. The molecule has 0 aliphatic heterocycles. The van der Waals surface area contributed by atoms with Crippen molar-refractivity contribution in [1.82, 2.24) is 30.2 Å². The number of aromatic nitrogens is 5. The van der Waals surface area contributed by atoms with Gasteiger partial charge in [0.25, 0.3) is 5.91 Å². The highest BCUT2D eigenvalue weighted by atomic mass is 16.1. The maximum Gasteiger partial charge on any atom is 0.251 e. The molecule has 1 amide bonds. The van der Waals surface area contributed by atoms with Crippen LogP contribution in [0.1, 0.15) is 53.3 Å². The normalized spacial score (nSPS) is 14.1. The summed E-state index contributed by atoms with van der Waals surface area (Å²) >= 11 is 0. The van der Waals surface area contributed by atoms with E-state index in [2.05, 4.69) is 48.5 Å². The van der Waals surface area contributed by atoms with Crippen molar-refractivity contribution in [2.24, 2.45) is 0 Å². The van der Waals surface area contributed by atoms with Crippen molar-refractivity contribution in [1.29, 1.82) is 0 Å². The Hall–Kier alpha value is -3.94. The van der Waals surface area contributed by atoms with Crippen molar-refractivity contribution in [2.75, 3.05) is 18.9 Å². The lowest BCUT2D eigenvalue weighted by Crippen LogP contribution is -2.18. The van der Waals surface area contributed by atoms with Gasteiger partial charge in [-0.3, -0.25) is 9.78 Å². The van der Waals surface area contributed by atoms with Gasteiger partial charge >= 0.3 is 0 Å². The average molecular weight is 440 g/mol. The third kappa shape index (κ3) is 4.37. The molecule has 1 atom stereocenters. The summed E-state index contributed by atoms with van der Waals surface area (Å²) in [5, 5.41) is 6.95. The molecular formula is C25H25N7O. The Morgan fingerprint density at radius 1 is 1.09 bits per heavy atom. The van der Waals surface area contributed by atoms with Crippen LogP contribution in [0.25, 0.3) is 22.2 Å². The van der Waals surface area contributed by atoms with Crippen LogP contribution in [0, 0.1) is 0 Å². The number of fused-ring (bicyclic) bond motifs is 1. The molecule has 1 aliphatic rings. The van der Waals surface area contributed by atoms with Crippen molar-refractivity contribution in [3.63, 3.8) is 0 Å². The number of carbonyl (C=O) groups excluding carboxylic acids is 1. The highest BCUT2D eigenvalue weighted by molar-refractivity contribution is 6.06. The Morgan fingerprint density at radius 3 is 2.67 bits per heavy atom. The van der Waals surface area contributed by atoms with E-state index in [0.717, 1.165) is 39.4 Å². The number of para-hydroxylation sites is 1. The minimum Gasteiger partial charge on any atom is -0.369 e. The van der Waals surface area contributed by atoms with E-state index >= 15 is 0 Å². The van der Waals surface area contributed by atoms with Gasteiger partial charge in [-0.1, -0.05) is 25.1 Å². The molecule has 166 valence electrons. The minimum atomic E-state index is -0.118. The van der Waals surface area contributed by atoms with Crippen molar-refractivity contribution in [3.05, 3.63) is 72.2 Å². The van der Waals surface area contributed by atoms with Crippen molar-refractivity contribution >= 4 is 22.6 Å². The first-order valence-electron chi connectivity index (χ1n) is 11.1. The van der Waals surface area contributed by atoms with Crippen LogP contribution in [0.5, 0.6) is 0 Å². The number of benzene rings is 1. The predicted octanol–water partition coefficient (Wildman–Crippen LogP) is 3.93. The van der Waals surface area contributed by atoms with Crippen LogP contribution in [0.4, 0.5) is 5.82 Å². The molecule has 1 fully saturated rings. The summed E-state index contributed by atoms with van der Waals surface area (Å²) in [5.41, 5.74) is 4.19. The Labute approximate surface area is 192 Å². The molecule has 8 nitrogen and oxygen atoms in total. The lowest BCUT2D eigenvalue weighted by atomic mass is 9.96. The molecule has 4 aromatic rings. The topological polar surface area (TPSA) is 106 Å². The summed E-state index contributed by atoms with van der Waals surface area (Å²) in [6, 6.07) is 9.62. The van der Waals surface area contributed by atoms with Crippen molar-refractivity contribution < 1.29 is 4.79 Å². The molecule has 0 radical (unpaired) electrons. The molecule has 1 aromatic carbocycles. The molecule has 1 saturated carbocycles. The maximum atomic E-state index is 12.2. The van der Waals surface area contributed by atoms with E-state index in [1.807, 2.05) is 30.6 Å². The SMILES string of the molecule is CNC(=O)c1ccnc2c([C@H](C)CNc3cc(-c4cnc(C5CC5)nc4)ncn3)cccc12. The van der Waals surface area contributed by atoms with Gasteiger partial charge in [-0.2, -0.15) is 0 Å². The summed E-state index contributed by atoms with van der Waals surface area (Å²) in [5.74, 6) is 2.20. The van der Waals surface area contributed by atoms with Crippen LogP contribution in [0.15, 0.2) is 55.2 Å². The van der Waals surface area contributed by atoms with Gasteiger partial charge in [0.1, 0.15) is 18.0 Å². The molecule has 5 rings (SSSR count). The lowest BCUT2D eigenvalue weighted by Gasteiger charge is -2.16. The fourth-order valence-electron chi connectivity index (χ4n) is 3.93. The molecule has 0 spiro atoms. The molecule has 3 heterocycles. The summed E-state index contributed by atoms with van der Waals surface area (Å²) in [6.07, 6.45) is 9.26. The van der Waals surface area contributed by atoms with E-state index < -0.39 is 0 Å². The van der Waals surface area contributed by atoms with Gasteiger partial charge in [0.15, 0.2) is 0 Å². The third-order valence-electron chi connectivity index (χ3n) is 5.97. The Balaban J connectivity index is 1.33. The lowest BCUT2D eigenvalue weighted by molar-refractivity contribution is 0.0964. The average Bonchev–Trinajstić information content (AvgIpc) is 3.72. The van der Waals surface area contributed by atoms with Crippen LogP contribution < -0.4 is 10.6 Å². The van der Waals surface area contributed by atoms with Gasteiger partial charge in [-0.25, -0.2) is 19.9 Å². The quantitative estimate of drug-likeness (QED) is 0.449. The fraction of sp³-hybridized carbons (Fsp3) is 0.280. The molecule has 0 unspecified atom stereocenters. The smallest absolute Gasteiger partial charge is 0.251 e. The van der Waals surface area contributed by atoms with Crippen LogP contribution in [-0.4, -0.2) is 44.4 Å². The van der Waals surface area contributed by atoms with Gasteiger partial charge in [0.2, 0.25) is 0 Å². The Bertz CT molecular complexity index is 1300. The van der Waals surface area contributed by atoms with Crippen LogP contribution in [0.3, 0.4) is 0 Å². The second kappa shape index (κ2) is 8.90. The number of anilines is 1. The molecule has 0 saturated heterocycles. The molecule has 0 bridgehead atoms. The number of nitrogens with one attached hydrogen (secondary N) is 2. The number of pyridine rings is 1. The van der Waals surface area contributed by atoms with E-state index in [0.29, 0.717) is 18.0 Å². The highest BCUT2D eigenvalue weighted by Crippen LogP contribution is 2.38. The van der Waals surface area contributed by atoms with Gasteiger partial charge in [-0.15, -0.1) is 0 Å². The number of rotatable bonds is 7. The van der Waals surface area contributed by atoms with Crippen LogP contribution in [-0.2, 0) is 0 Å². The van der Waals surface area contributed by atoms with Crippen LogP contribution in [0.2, 0.25) is 0 Å². The van der Waals surface area contributed by atoms with Crippen molar-refractivity contribution in [2.45, 2.75) is 31.6 Å². The van der Waals surface area contributed by atoms with Gasteiger partial charge in [-0.05, 0) is 24.5 Å². The minimum absolute atomic E-state index is 0.118. The van der Waals surface area contributed by atoms with E-state index in [-0.39, 0.29) is 11.8 Å². The monoisotopic (exact) mass is 439 g/mol. The fourth-order valence-corrected chi connectivity index (χ4v) is 3.93. The first-order valence-corrected chi connectivity index (χ1v) is 11.1. The molecule has 1 aliphatic carbocycles. The van der Waals surface area contributed by atoms with Gasteiger partial charge in [0.05, 0.1) is 16.8 Å². The predicted molar refractivity (Wildman–Crippen MR) is 127 cm³/mol. The third-order valence-corrected chi connectivity index (χ3v) is 5.97. The molecular weight excluding hydrogens is 414 g/mol. The van der Waals surface area contributed by atoms with Crippen molar-refractivity contribution in [3.8, 4) is 11.3 Å². The summed E-state index contributed by atoms with van der Waals surface area (Å²) in [4.78, 5) is 34.5. The molecule has 33 heavy (non-hydrogen) atoms. The Kier molecular flexibility index (Phi) is 5.64. The number of hydrogen-bond acceptors (Lipinski definition) is 7. The standard InChI is InChI=1S/C25H25N7O/c1-15(18-4-3-5-19-20(25(33)26-2)8-9-27-23(18)19)11-28-22-10-21(31-14-32-22)17-12-29-24(30-13-17)16-6-7-16/h3-5,8-10,12-16H,6-7,11H2,1-2H3,(H,26,33)(H,28,31,32)/t15-/m1/s1. The van der Waals surface area contributed by atoms with E-state index in [9.17, 15) is 4.79 Å². The second-order valence-electron chi connectivity index (χ2n) is 8.36. The second-order valence-corrected chi connectivity index (χ2v) is 8.36. The Morgan fingerprint density at radius 2 is 1.91 bits per heavy atom. The highest BCUT2D eigenvalue weighted by Gasteiger charge is 2.26. The van der Waals surface area contributed by atoms with Gasteiger partial charge < -0.3 is 10.6 Å². The first kappa shape index (κ1) is 20.9. The molecule has 2 N–H and O–H groups in total. The van der Waals surface area contributed by atoms with Crippen LogP contribution >= 0.6 is 0 Å². The first-order chi connectivity index (χ1) is 16.1. The zero-order chi connectivity index (χ0) is 22.8. The number of nitrogens with zero attached hydrogens (tertiary/aromatic N) is 5. The maximum absolute atomic E-state index is 12.2. The number of amides is 1.